The average molecular weight is 612 g/mol. The Bertz CT molecular complexity index is 1600. The molecule has 0 aromatic heterocycles. The monoisotopic (exact) mass is 610 g/mol. The lowest BCUT2D eigenvalue weighted by Gasteiger charge is -2.37. The van der Waals surface area contributed by atoms with Gasteiger partial charge in [-0.25, -0.2) is 4.39 Å². The van der Waals surface area contributed by atoms with Crippen molar-refractivity contribution in [2.75, 3.05) is 11.9 Å². The second-order valence-corrected chi connectivity index (χ2v) is 11.4. The van der Waals surface area contributed by atoms with Crippen LogP contribution in [0.4, 0.5) is 15.8 Å². The molecular formula is C35H32BrFN2O2. The summed E-state index contributed by atoms with van der Waals surface area (Å²) in [5, 5.41) is 3.82. The predicted octanol–water partition coefficient (Wildman–Crippen LogP) is 9.45. The van der Waals surface area contributed by atoms with Gasteiger partial charge in [0, 0.05) is 17.8 Å². The Balaban J connectivity index is 1.17. The zero-order valence-electron chi connectivity index (χ0n) is 23.1. The first kappa shape index (κ1) is 27.3. The number of hydrogen-bond donors (Lipinski definition) is 1. The molecule has 0 fully saturated rings. The lowest BCUT2D eigenvalue weighted by Crippen LogP contribution is -2.29. The molecule has 1 heterocycles. The van der Waals surface area contributed by atoms with Crippen molar-refractivity contribution in [3.63, 3.8) is 0 Å². The van der Waals surface area contributed by atoms with Gasteiger partial charge in [-0.15, -0.1) is 0 Å². The summed E-state index contributed by atoms with van der Waals surface area (Å²) < 4.78 is 25.9. The number of allylic oxidation sites excluding steroid dienone is 2. The number of halogens is 2. The summed E-state index contributed by atoms with van der Waals surface area (Å²) in [6.45, 7) is 4.90. The Morgan fingerprint density at radius 3 is 2.59 bits per heavy atom. The van der Waals surface area contributed by atoms with Crippen LogP contribution in [0.1, 0.15) is 53.1 Å². The van der Waals surface area contributed by atoms with E-state index in [-0.39, 0.29) is 11.9 Å². The summed E-state index contributed by atoms with van der Waals surface area (Å²) in [6.07, 6.45) is 7.62. The van der Waals surface area contributed by atoms with E-state index in [1.807, 2.05) is 25.3 Å². The molecule has 1 N–H and O–H groups in total. The van der Waals surface area contributed by atoms with Crippen LogP contribution >= 0.6 is 15.9 Å². The molecule has 1 aliphatic heterocycles. The molecule has 2 aliphatic rings. The first-order valence-electron chi connectivity index (χ1n) is 14.0. The summed E-state index contributed by atoms with van der Waals surface area (Å²) >= 11 is 3.63. The van der Waals surface area contributed by atoms with Crippen LogP contribution in [0.5, 0.6) is 11.5 Å². The van der Waals surface area contributed by atoms with Crippen LogP contribution in [0, 0.1) is 18.7 Å². The van der Waals surface area contributed by atoms with Crippen LogP contribution in [-0.4, -0.2) is 12.8 Å². The lowest BCUT2D eigenvalue weighted by atomic mass is 9.76. The number of fused-ring (bicyclic) bond motifs is 3. The summed E-state index contributed by atoms with van der Waals surface area (Å²) in [6, 6.07) is 25.7. The standard InChI is InChI=1S/C35H32BrFN2O2/c1-3-40-33-19-24(18-31(36)35(33)41-21-23-8-12-26(37)13-9-23)20-38-27-14-10-25(11-15-27)34-29-6-4-5-28(29)30-17-22(2)7-16-32(30)39-34/h4-5,7-20,28-29,34,39H,3,6,21H2,1-2H3/t28-,29-,34-/m0/s1. The number of nitrogens with zero attached hydrogens (tertiary/aromatic N) is 1. The number of nitrogens with one attached hydrogen (secondary N) is 1. The quantitative estimate of drug-likeness (QED) is 0.159. The van der Waals surface area contributed by atoms with Crippen molar-refractivity contribution in [3.8, 4) is 11.5 Å². The highest BCUT2D eigenvalue weighted by Crippen LogP contribution is 2.50. The van der Waals surface area contributed by atoms with Gasteiger partial charge >= 0.3 is 0 Å². The lowest BCUT2D eigenvalue weighted by molar-refractivity contribution is 0.267. The Labute approximate surface area is 249 Å². The molecule has 3 atom stereocenters. The van der Waals surface area contributed by atoms with Gasteiger partial charge < -0.3 is 14.8 Å². The molecule has 208 valence electrons. The fraction of sp³-hybridized carbons (Fsp3) is 0.229. The molecule has 0 bridgehead atoms. The van der Waals surface area contributed by atoms with E-state index in [9.17, 15) is 4.39 Å². The summed E-state index contributed by atoms with van der Waals surface area (Å²) in [4.78, 5) is 4.74. The molecule has 41 heavy (non-hydrogen) atoms. The molecule has 0 saturated carbocycles. The Morgan fingerprint density at radius 2 is 1.80 bits per heavy atom. The van der Waals surface area contributed by atoms with Crippen molar-refractivity contribution < 1.29 is 13.9 Å². The zero-order valence-corrected chi connectivity index (χ0v) is 24.7. The Hall–Kier alpha value is -3.90. The van der Waals surface area contributed by atoms with Crippen LogP contribution in [0.2, 0.25) is 0 Å². The van der Waals surface area contributed by atoms with Crippen LogP contribution < -0.4 is 14.8 Å². The molecule has 0 radical (unpaired) electrons. The van der Waals surface area contributed by atoms with Crippen molar-refractivity contribution in [2.24, 2.45) is 10.9 Å². The van der Waals surface area contributed by atoms with Gasteiger partial charge in [-0.2, -0.15) is 0 Å². The van der Waals surface area contributed by atoms with Gasteiger partial charge in [0.25, 0.3) is 0 Å². The average Bonchev–Trinajstić information content (AvgIpc) is 3.47. The van der Waals surface area contributed by atoms with E-state index in [2.05, 4.69) is 82.8 Å². The smallest absolute Gasteiger partial charge is 0.175 e. The second kappa shape index (κ2) is 11.9. The van der Waals surface area contributed by atoms with E-state index >= 15 is 0 Å². The fourth-order valence-electron chi connectivity index (χ4n) is 5.76. The largest absolute Gasteiger partial charge is 0.490 e. The third-order valence-corrected chi connectivity index (χ3v) is 8.35. The Kier molecular flexibility index (Phi) is 7.93. The van der Waals surface area contributed by atoms with Gasteiger partial charge in [0.15, 0.2) is 11.5 Å². The molecule has 1 aliphatic carbocycles. The molecular weight excluding hydrogens is 579 g/mol. The molecule has 0 amide bonds. The minimum Gasteiger partial charge on any atom is -0.490 e. The second-order valence-electron chi connectivity index (χ2n) is 10.6. The van der Waals surface area contributed by atoms with E-state index in [1.165, 1.54) is 34.5 Å². The SMILES string of the molecule is CCOc1cc(C=Nc2ccc([C@@H]3Nc4ccc(C)cc4[C@H]4C=CC[C@@H]43)cc2)cc(Br)c1OCc1ccc(F)cc1. The van der Waals surface area contributed by atoms with Crippen molar-refractivity contribution >= 4 is 33.5 Å². The van der Waals surface area contributed by atoms with Crippen molar-refractivity contribution in [2.45, 2.75) is 38.8 Å². The van der Waals surface area contributed by atoms with Crippen molar-refractivity contribution in [1.82, 2.24) is 0 Å². The minimum absolute atomic E-state index is 0.260. The number of aryl methyl sites for hydroxylation is 1. The number of aliphatic imine (C=N–C) groups is 1. The first-order chi connectivity index (χ1) is 20.0. The van der Waals surface area contributed by atoms with Gasteiger partial charge in [-0.3, -0.25) is 4.99 Å². The topological polar surface area (TPSA) is 42.8 Å². The molecule has 0 saturated heterocycles. The molecule has 0 spiro atoms. The number of benzene rings is 4. The highest BCUT2D eigenvalue weighted by molar-refractivity contribution is 9.10. The maximum Gasteiger partial charge on any atom is 0.175 e. The third kappa shape index (κ3) is 5.94. The first-order valence-corrected chi connectivity index (χ1v) is 14.8. The van der Waals surface area contributed by atoms with Gasteiger partial charge in [-0.05, 0) is 107 Å². The van der Waals surface area contributed by atoms with Crippen molar-refractivity contribution in [1.29, 1.82) is 0 Å². The predicted molar refractivity (Wildman–Crippen MR) is 167 cm³/mol. The van der Waals surface area contributed by atoms with E-state index in [4.69, 9.17) is 14.5 Å². The number of rotatable bonds is 8. The van der Waals surface area contributed by atoms with Gasteiger partial charge in [-0.1, -0.05) is 54.1 Å². The van der Waals surface area contributed by atoms with E-state index < -0.39 is 0 Å². The number of hydrogen-bond acceptors (Lipinski definition) is 4. The highest BCUT2D eigenvalue weighted by atomic mass is 79.9. The number of anilines is 1. The summed E-state index contributed by atoms with van der Waals surface area (Å²) in [5.74, 6) is 1.93. The van der Waals surface area contributed by atoms with Crippen LogP contribution in [0.3, 0.4) is 0 Å². The molecule has 6 heteroatoms. The molecule has 4 nitrogen and oxygen atoms in total. The molecule has 4 aromatic rings. The maximum absolute atomic E-state index is 13.2. The minimum atomic E-state index is -0.269. The zero-order chi connectivity index (χ0) is 28.3. The van der Waals surface area contributed by atoms with Gasteiger partial charge in [0.1, 0.15) is 12.4 Å². The van der Waals surface area contributed by atoms with Crippen LogP contribution in [-0.2, 0) is 6.61 Å². The maximum atomic E-state index is 13.2. The normalized spacial score (nSPS) is 19.1. The van der Waals surface area contributed by atoms with Crippen LogP contribution in [0.25, 0.3) is 0 Å². The van der Waals surface area contributed by atoms with E-state index in [0.29, 0.717) is 36.5 Å². The summed E-state index contributed by atoms with van der Waals surface area (Å²) in [7, 11) is 0. The number of ether oxygens (including phenoxy) is 2. The third-order valence-electron chi connectivity index (χ3n) is 7.76. The fourth-order valence-corrected chi connectivity index (χ4v) is 6.34. The van der Waals surface area contributed by atoms with Crippen LogP contribution in [0.15, 0.2) is 100 Å². The molecule has 0 unspecified atom stereocenters. The molecule has 4 aromatic carbocycles. The highest BCUT2D eigenvalue weighted by Gasteiger charge is 2.37. The molecule has 6 rings (SSSR count). The van der Waals surface area contributed by atoms with Gasteiger partial charge in [0.2, 0.25) is 0 Å². The van der Waals surface area contributed by atoms with Crippen molar-refractivity contribution in [3.05, 3.63) is 129 Å². The summed E-state index contributed by atoms with van der Waals surface area (Å²) in [5.41, 5.74) is 7.86. The van der Waals surface area contributed by atoms with Gasteiger partial charge in [0.05, 0.1) is 22.8 Å². The van der Waals surface area contributed by atoms with E-state index in [0.717, 1.165) is 27.7 Å². The van der Waals surface area contributed by atoms with E-state index in [1.54, 1.807) is 12.1 Å². The Morgan fingerprint density at radius 1 is 1.00 bits per heavy atom.